The van der Waals surface area contributed by atoms with Crippen molar-refractivity contribution in [2.24, 2.45) is 9.98 Å². The topological polar surface area (TPSA) is 24.7 Å². The van der Waals surface area contributed by atoms with Crippen LogP contribution in [0.1, 0.15) is 11.1 Å². The lowest BCUT2D eigenvalue weighted by molar-refractivity contribution is 0.627. The second-order valence-electron chi connectivity index (χ2n) is 4.22. The van der Waals surface area contributed by atoms with Gasteiger partial charge in [-0.2, -0.15) is 0 Å². The Balaban J connectivity index is 1.92. The van der Waals surface area contributed by atoms with Gasteiger partial charge in [0.15, 0.2) is 5.84 Å². The van der Waals surface area contributed by atoms with Crippen molar-refractivity contribution in [3.05, 3.63) is 71.3 Å². The summed E-state index contributed by atoms with van der Waals surface area (Å²) in [5, 5.41) is 0. The molecule has 0 saturated carbocycles. The Kier molecular flexibility index (Phi) is 2.91. The molecule has 0 spiro atoms. The first-order valence-electron chi connectivity index (χ1n) is 5.86. The zero-order valence-electron chi connectivity index (χ0n) is 9.98. The maximum atomic E-state index is 13.2. The number of aliphatic imine (C=N–C) groups is 2. The molecular weight excluding hydrogens is 246 g/mol. The molecule has 0 atom stereocenters. The quantitative estimate of drug-likeness (QED) is 0.788. The highest BCUT2D eigenvalue weighted by molar-refractivity contribution is 6.17. The molecule has 94 valence electrons. The van der Waals surface area contributed by atoms with E-state index in [1.807, 2.05) is 0 Å². The Morgan fingerprint density at radius 3 is 2.16 bits per heavy atom. The number of amidine groups is 1. The second-order valence-corrected chi connectivity index (χ2v) is 4.22. The minimum absolute atomic E-state index is 0.306. The minimum atomic E-state index is -0.324. The first-order chi connectivity index (χ1) is 9.22. The summed E-state index contributed by atoms with van der Waals surface area (Å²) in [7, 11) is 0. The van der Waals surface area contributed by atoms with Crippen LogP contribution in [0.5, 0.6) is 0 Å². The SMILES string of the molecule is Fc1cccc(C2=NC(c3cccc(F)c3)=NC2)c1. The Labute approximate surface area is 109 Å². The van der Waals surface area contributed by atoms with Crippen molar-refractivity contribution in [2.75, 3.05) is 6.54 Å². The van der Waals surface area contributed by atoms with Crippen molar-refractivity contribution in [2.45, 2.75) is 0 Å². The third-order valence-electron chi connectivity index (χ3n) is 2.86. The number of benzene rings is 2. The lowest BCUT2D eigenvalue weighted by Crippen LogP contribution is -2.02. The van der Waals surface area contributed by atoms with E-state index in [1.165, 1.54) is 24.3 Å². The molecule has 1 aliphatic rings. The Bertz CT molecular complexity index is 690. The van der Waals surface area contributed by atoms with Gasteiger partial charge in [-0.3, -0.25) is 4.99 Å². The maximum Gasteiger partial charge on any atom is 0.155 e. The van der Waals surface area contributed by atoms with Crippen LogP contribution in [-0.4, -0.2) is 18.1 Å². The standard InChI is InChI=1S/C15H10F2N2/c16-12-5-1-3-10(7-12)14-9-18-15(19-14)11-4-2-6-13(17)8-11/h1-8H,9H2. The molecule has 3 rings (SSSR count). The van der Waals surface area contributed by atoms with E-state index in [2.05, 4.69) is 9.98 Å². The zero-order valence-corrected chi connectivity index (χ0v) is 9.98. The van der Waals surface area contributed by atoms with Crippen LogP contribution in [0.2, 0.25) is 0 Å². The van der Waals surface area contributed by atoms with Gasteiger partial charge in [0.05, 0.1) is 12.3 Å². The predicted molar refractivity (Wildman–Crippen MR) is 70.7 cm³/mol. The van der Waals surface area contributed by atoms with Crippen molar-refractivity contribution in [1.29, 1.82) is 0 Å². The fourth-order valence-electron chi connectivity index (χ4n) is 1.96. The van der Waals surface area contributed by atoms with Crippen LogP contribution >= 0.6 is 0 Å². The van der Waals surface area contributed by atoms with E-state index in [0.717, 1.165) is 0 Å². The fourth-order valence-corrected chi connectivity index (χ4v) is 1.96. The third kappa shape index (κ3) is 2.42. The van der Waals surface area contributed by atoms with Gasteiger partial charge in [0.2, 0.25) is 0 Å². The van der Waals surface area contributed by atoms with Crippen molar-refractivity contribution >= 4 is 11.5 Å². The number of rotatable bonds is 2. The molecule has 0 bridgehead atoms. The molecule has 0 unspecified atom stereocenters. The van der Waals surface area contributed by atoms with Crippen LogP contribution < -0.4 is 0 Å². The molecule has 0 fully saturated rings. The highest BCUT2D eigenvalue weighted by atomic mass is 19.1. The van der Waals surface area contributed by atoms with E-state index in [-0.39, 0.29) is 11.6 Å². The third-order valence-corrected chi connectivity index (χ3v) is 2.86. The van der Waals surface area contributed by atoms with Crippen LogP contribution in [0.4, 0.5) is 8.78 Å². The molecule has 0 aromatic heterocycles. The van der Waals surface area contributed by atoms with E-state index >= 15 is 0 Å². The van der Waals surface area contributed by atoms with Gasteiger partial charge < -0.3 is 0 Å². The molecule has 0 saturated heterocycles. The average Bonchev–Trinajstić information content (AvgIpc) is 2.88. The second kappa shape index (κ2) is 4.72. The van der Waals surface area contributed by atoms with Crippen molar-refractivity contribution in [1.82, 2.24) is 0 Å². The van der Waals surface area contributed by atoms with Crippen molar-refractivity contribution in [3.63, 3.8) is 0 Å². The Morgan fingerprint density at radius 2 is 1.47 bits per heavy atom. The molecule has 0 N–H and O–H groups in total. The first kappa shape index (κ1) is 11.7. The van der Waals surface area contributed by atoms with Gasteiger partial charge in [0.1, 0.15) is 11.6 Å². The summed E-state index contributed by atoms with van der Waals surface area (Å²) in [6, 6.07) is 12.3. The minimum Gasteiger partial charge on any atom is -0.260 e. The van der Waals surface area contributed by atoms with Gasteiger partial charge in [0.25, 0.3) is 0 Å². The zero-order chi connectivity index (χ0) is 13.2. The highest BCUT2D eigenvalue weighted by Gasteiger charge is 2.14. The normalized spacial score (nSPS) is 14.2. The summed E-state index contributed by atoms with van der Waals surface area (Å²) in [5.41, 5.74) is 2.03. The molecule has 1 aliphatic heterocycles. The van der Waals surface area contributed by atoms with Gasteiger partial charge in [0, 0.05) is 11.1 Å². The van der Waals surface area contributed by atoms with E-state index in [4.69, 9.17) is 0 Å². The Hall–Kier alpha value is -2.36. The average molecular weight is 256 g/mol. The van der Waals surface area contributed by atoms with Gasteiger partial charge in [-0.05, 0) is 24.3 Å². The summed E-state index contributed by atoms with van der Waals surface area (Å²) < 4.78 is 26.3. The number of halogens is 2. The van der Waals surface area contributed by atoms with E-state index < -0.39 is 0 Å². The molecule has 2 aromatic rings. The maximum absolute atomic E-state index is 13.2. The lowest BCUT2D eigenvalue weighted by Gasteiger charge is -1.99. The van der Waals surface area contributed by atoms with Crippen LogP contribution in [-0.2, 0) is 0 Å². The molecule has 0 amide bonds. The van der Waals surface area contributed by atoms with E-state index in [0.29, 0.717) is 29.2 Å². The van der Waals surface area contributed by atoms with Crippen LogP contribution in [0.3, 0.4) is 0 Å². The largest absolute Gasteiger partial charge is 0.260 e. The summed E-state index contributed by atoms with van der Waals surface area (Å²) in [5.74, 6) is -0.146. The molecule has 2 nitrogen and oxygen atoms in total. The summed E-state index contributed by atoms with van der Waals surface area (Å²) in [4.78, 5) is 8.60. The molecule has 2 aromatic carbocycles. The molecule has 19 heavy (non-hydrogen) atoms. The van der Waals surface area contributed by atoms with Gasteiger partial charge in [-0.1, -0.05) is 24.3 Å². The van der Waals surface area contributed by atoms with Gasteiger partial charge in [-0.25, -0.2) is 13.8 Å². The number of hydrogen-bond acceptors (Lipinski definition) is 2. The number of nitrogens with zero attached hydrogens (tertiary/aromatic N) is 2. The molecule has 0 radical (unpaired) electrons. The van der Waals surface area contributed by atoms with E-state index in [9.17, 15) is 8.78 Å². The van der Waals surface area contributed by atoms with Crippen molar-refractivity contribution < 1.29 is 8.78 Å². The summed E-state index contributed by atoms with van der Waals surface area (Å²) in [6.07, 6.45) is 0. The summed E-state index contributed by atoms with van der Waals surface area (Å²) >= 11 is 0. The van der Waals surface area contributed by atoms with Crippen LogP contribution in [0, 0.1) is 11.6 Å². The smallest absolute Gasteiger partial charge is 0.155 e. The predicted octanol–water partition coefficient (Wildman–Crippen LogP) is 3.21. The molecular formula is C15H10F2N2. The van der Waals surface area contributed by atoms with Crippen LogP contribution in [0.15, 0.2) is 58.5 Å². The number of hydrogen-bond donors (Lipinski definition) is 0. The van der Waals surface area contributed by atoms with Crippen molar-refractivity contribution in [3.8, 4) is 0 Å². The van der Waals surface area contributed by atoms with Crippen LogP contribution in [0.25, 0.3) is 0 Å². The molecule has 0 aliphatic carbocycles. The Morgan fingerprint density at radius 1 is 0.842 bits per heavy atom. The first-order valence-corrected chi connectivity index (χ1v) is 5.86. The summed E-state index contributed by atoms with van der Waals surface area (Å²) in [6.45, 7) is 0.384. The molecule has 4 heteroatoms. The van der Waals surface area contributed by atoms with E-state index in [1.54, 1.807) is 24.3 Å². The van der Waals surface area contributed by atoms with Gasteiger partial charge >= 0.3 is 0 Å². The fraction of sp³-hybridized carbons (Fsp3) is 0.0667. The highest BCUT2D eigenvalue weighted by Crippen LogP contribution is 2.14. The molecule has 1 heterocycles. The van der Waals surface area contributed by atoms with Gasteiger partial charge in [-0.15, -0.1) is 0 Å². The monoisotopic (exact) mass is 256 g/mol. The lowest BCUT2D eigenvalue weighted by atomic mass is 10.1.